The quantitative estimate of drug-likeness (QED) is 0.425. The van der Waals surface area contributed by atoms with Gasteiger partial charge in [-0.3, -0.25) is 0 Å². The Morgan fingerprint density at radius 3 is 1.96 bits per heavy atom. The number of rotatable bonds is 1. The highest BCUT2D eigenvalue weighted by Crippen LogP contribution is 2.27. The Hall–Kier alpha value is -3.27. The van der Waals surface area contributed by atoms with Crippen molar-refractivity contribution in [2.75, 3.05) is 0 Å². The lowest BCUT2D eigenvalue weighted by Crippen LogP contribution is -1.86. The van der Waals surface area contributed by atoms with Gasteiger partial charge in [0.2, 0.25) is 5.89 Å². The summed E-state index contributed by atoms with van der Waals surface area (Å²) in [5, 5.41) is 0. The summed E-state index contributed by atoms with van der Waals surface area (Å²) in [6.45, 7) is 0. The highest BCUT2D eigenvalue weighted by molar-refractivity contribution is 5.94. The molecule has 2 heterocycles. The van der Waals surface area contributed by atoms with Crippen molar-refractivity contribution in [1.29, 1.82) is 0 Å². The fourth-order valence-corrected chi connectivity index (χ4v) is 2.75. The molecule has 4 nitrogen and oxygen atoms in total. The van der Waals surface area contributed by atoms with Gasteiger partial charge in [0, 0.05) is 11.6 Å². The second kappa shape index (κ2) is 4.61. The molecule has 0 amide bonds. The van der Waals surface area contributed by atoms with Crippen LogP contribution in [0.25, 0.3) is 44.6 Å². The van der Waals surface area contributed by atoms with Crippen LogP contribution >= 0.6 is 0 Å². The van der Waals surface area contributed by atoms with Gasteiger partial charge in [-0.2, -0.15) is 0 Å². The number of aromatic nitrogens is 3. The Morgan fingerprint density at radius 1 is 0.565 bits per heavy atom. The molecule has 0 saturated carbocycles. The number of para-hydroxylation sites is 2. The highest BCUT2D eigenvalue weighted by atomic mass is 16.3. The van der Waals surface area contributed by atoms with Gasteiger partial charge < -0.3 is 4.42 Å². The van der Waals surface area contributed by atoms with E-state index in [4.69, 9.17) is 4.42 Å². The Labute approximate surface area is 131 Å². The van der Waals surface area contributed by atoms with Gasteiger partial charge in [0.25, 0.3) is 0 Å². The predicted octanol–water partition coefficient (Wildman–Crippen LogP) is 4.59. The first-order valence-corrected chi connectivity index (χ1v) is 7.39. The van der Waals surface area contributed by atoms with E-state index >= 15 is 0 Å². The van der Waals surface area contributed by atoms with Gasteiger partial charge in [-0.1, -0.05) is 30.3 Å². The summed E-state index contributed by atoms with van der Waals surface area (Å²) in [7, 11) is 0. The zero-order chi connectivity index (χ0) is 15.2. The number of oxazole rings is 1. The lowest BCUT2D eigenvalue weighted by molar-refractivity contribution is 0.620. The molecule has 0 bridgehead atoms. The Kier molecular flexibility index (Phi) is 2.46. The molecule has 0 spiro atoms. The molecule has 0 aliphatic carbocycles. The average Bonchev–Trinajstić information content (AvgIpc) is 3.01. The molecule has 3 aromatic carbocycles. The lowest BCUT2D eigenvalue weighted by atomic mass is 10.2. The van der Waals surface area contributed by atoms with Crippen molar-refractivity contribution in [3.05, 3.63) is 66.7 Å². The van der Waals surface area contributed by atoms with Gasteiger partial charge in [0.1, 0.15) is 5.52 Å². The van der Waals surface area contributed by atoms with Crippen LogP contribution in [0.4, 0.5) is 0 Å². The number of nitrogens with zero attached hydrogens (tertiary/aromatic N) is 3. The Bertz CT molecular complexity index is 1090. The van der Waals surface area contributed by atoms with Crippen LogP contribution in [-0.4, -0.2) is 15.0 Å². The van der Waals surface area contributed by atoms with E-state index in [1.54, 1.807) is 0 Å². The standard InChI is InChI=1S/C19H11N3O/c1-2-6-12(7-3-1)19-22-17-10-15-16(11-18(17)23-19)21-14-9-5-4-8-13(14)20-15/h1-11H. The Morgan fingerprint density at radius 2 is 1.22 bits per heavy atom. The SMILES string of the molecule is c1ccc(-c2nc3cc4nc5ccccc5nc4cc3o2)cc1. The number of benzene rings is 3. The molecule has 0 N–H and O–H groups in total. The van der Waals surface area contributed by atoms with Gasteiger partial charge in [-0.25, -0.2) is 15.0 Å². The third-order valence-corrected chi connectivity index (χ3v) is 3.87. The molecule has 0 atom stereocenters. The normalized spacial score (nSPS) is 11.5. The average molecular weight is 297 g/mol. The van der Waals surface area contributed by atoms with Crippen LogP contribution in [0.15, 0.2) is 71.1 Å². The molecule has 0 fully saturated rings. The number of hydrogen-bond acceptors (Lipinski definition) is 4. The number of hydrogen-bond donors (Lipinski definition) is 0. The van der Waals surface area contributed by atoms with E-state index in [9.17, 15) is 0 Å². The van der Waals surface area contributed by atoms with Gasteiger partial charge in [-0.05, 0) is 30.3 Å². The predicted molar refractivity (Wildman–Crippen MR) is 90.0 cm³/mol. The summed E-state index contributed by atoms with van der Waals surface area (Å²) in [4.78, 5) is 13.9. The fraction of sp³-hybridized carbons (Fsp3) is 0. The molecule has 0 radical (unpaired) electrons. The second-order valence-electron chi connectivity index (χ2n) is 5.41. The topological polar surface area (TPSA) is 51.8 Å². The summed E-state index contributed by atoms with van der Waals surface area (Å²) in [5.41, 5.74) is 5.87. The molecule has 5 rings (SSSR count). The van der Waals surface area contributed by atoms with E-state index in [2.05, 4.69) is 15.0 Å². The van der Waals surface area contributed by atoms with Crippen molar-refractivity contribution < 1.29 is 4.42 Å². The first-order valence-electron chi connectivity index (χ1n) is 7.39. The van der Waals surface area contributed by atoms with E-state index in [0.29, 0.717) is 5.89 Å². The smallest absolute Gasteiger partial charge is 0.227 e. The van der Waals surface area contributed by atoms with Crippen LogP contribution in [0.5, 0.6) is 0 Å². The van der Waals surface area contributed by atoms with Gasteiger partial charge in [0.05, 0.1) is 22.1 Å². The van der Waals surface area contributed by atoms with Crippen LogP contribution in [0.2, 0.25) is 0 Å². The summed E-state index contributed by atoms with van der Waals surface area (Å²) in [5.74, 6) is 0.612. The van der Waals surface area contributed by atoms with Crippen LogP contribution in [-0.2, 0) is 0 Å². The molecule has 23 heavy (non-hydrogen) atoms. The summed E-state index contributed by atoms with van der Waals surface area (Å²) in [6, 6.07) is 21.6. The molecule has 0 unspecified atom stereocenters. The summed E-state index contributed by atoms with van der Waals surface area (Å²) >= 11 is 0. The van der Waals surface area contributed by atoms with Crippen molar-refractivity contribution in [3.63, 3.8) is 0 Å². The molecule has 4 heteroatoms. The maximum absolute atomic E-state index is 5.90. The maximum atomic E-state index is 5.90. The van der Waals surface area contributed by atoms with Gasteiger partial charge >= 0.3 is 0 Å². The van der Waals surface area contributed by atoms with Crippen molar-refractivity contribution in [2.24, 2.45) is 0 Å². The zero-order valence-electron chi connectivity index (χ0n) is 12.1. The lowest BCUT2D eigenvalue weighted by Gasteiger charge is -1.99. The summed E-state index contributed by atoms with van der Waals surface area (Å²) < 4.78 is 5.90. The highest BCUT2D eigenvalue weighted by Gasteiger charge is 2.10. The molecule has 0 aliphatic heterocycles. The zero-order valence-corrected chi connectivity index (χ0v) is 12.1. The third-order valence-electron chi connectivity index (χ3n) is 3.87. The van der Waals surface area contributed by atoms with E-state index in [0.717, 1.165) is 38.7 Å². The van der Waals surface area contributed by atoms with E-state index in [-0.39, 0.29) is 0 Å². The van der Waals surface area contributed by atoms with E-state index in [1.165, 1.54) is 0 Å². The van der Waals surface area contributed by atoms with Gasteiger partial charge in [0.15, 0.2) is 5.58 Å². The van der Waals surface area contributed by atoms with E-state index in [1.807, 2.05) is 66.7 Å². The van der Waals surface area contributed by atoms with Crippen molar-refractivity contribution in [3.8, 4) is 11.5 Å². The van der Waals surface area contributed by atoms with Crippen molar-refractivity contribution >= 4 is 33.2 Å². The summed E-state index contributed by atoms with van der Waals surface area (Å²) in [6.07, 6.45) is 0. The number of fused-ring (bicyclic) bond motifs is 3. The van der Waals surface area contributed by atoms with Crippen molar-refractivity contribution in [2.45, 2.75) is 0 Å². The van der Waals surface area contributed by atoms with Crippen LogP contribution in [0.1, 0.15) is 0 Å². The largest absolute Gasteiger partial charge is 0.436 e. The van der Waals surface area contributed by atoms with Crippen LogP contribution in [0.3, 0.4) is 0 Å². The second-order valence-corrected chi connectivity index (χ2v) is 5.41. The fourth-order valence-electron chi connectivity index (χ4n) is 2.75. The van der Waals surface area contributed by atoms with Gasteiger partial charge in [-0.15, -0.1) is 0 Å². The minimum atomic E-state index is 0.612. The van der Waals surface area contributed by atoms with Crippen LogP contribution in [0, 0.1) is 0 Å². The monoisotopic (exact) mass is 297 g/mol. The minimum absolute atomic E-state index is 0.612. The maximum Gasteiger partial charge on any atom is 0.227 e. The minimum Gasteiger partial charge on any atom is -0.436 e. The van der Waals surface area contributed by atoms with Crippen LogP contribution < -0.4 is 0 Å². The molecular weight excluding hydrogens is 286 g/mol. The molecule has 2 aromatic heterocycles. The first-order chi connectivity index (χ1) is 11.4. The van der Waals surface area contributed by atoms with Crippen molar-refractivity contribution in [1.82, 2.24) is 15.0 Å². The first kappa shape index (κ1) is 12.3. The molecular formula is C19H11N3O. The molecule has 5 aromatic rings. The molecule has 108 valence electrons. The van der Waals surface area contributed by atoms with E-state index < -0.39 is 0 Å². The third kappa shape index (κ3) is 1.96. The molecule has 0 aliphatic rings. The molecule has 0 saturated heterocycles. The Balaban J connectivity index is 1.79.